The molecule has 3 rings (SSSR count). The third kappa shape index (κ3) is 4.59. The van der Waals surface area contributed by atoms with Crippen molar-refractivity contribution in [3.05, 3.63) is 66.2 Å². The molecule has 144 valence electrons. The van der Waals surface area contributed by atoms with Crippen LogP contribution >= 0.6 is 0 Å². The Morgan fingerprint density at radius 1 is 0.929 bits per heavy atom. The molecule has 6 heteroatoms. The number of carbonyl (C=O) groups is 1. The van der Waals surface area contributed by atoms with Crippen LogP contribution < -0.4 is 20.2 Å². The Kier molecular flexibility index (Phi) is 6.46. The summed E-state index contributed by atoms with van der Waals surface area (Å²) in [5.41, 5.74) is 3.93. The van der Waals surface area contributed by atoms with Gasteiger partial charge in [-0.1, -0.05) is 36.4 Å². The number of para-hydroxylation sites is 1. The Morgan fingerprint density at radius 3 is 2.43 bits per heavy atom. The highest BCUT2D eigenvalue weighted by Gasteiger charge is 2.12. The van der Waals surface area contributed by atoms with Gasteiger partial charge in [0.1, 0.15) is 11.5 Å². The molecule has 0 saturated heterocycles. The molecular formula is C22H23N3O3. The average Bonchev–Trinajstić information content (AvgIpc) is 2.70. The fourth-order valence-corrected chi connectivity index (χ4v) is 2.87. The number of benzene rings is 3. The van der Waals surface area contributed by atoms with Crippen molar-refractivity contribution < 1.29 is 14.3 Å². The molecule has 0 aliphatic rings. The van der Waals surface area contributed by atoms with E-state index in [1.807, 2.05) is 62.4 Å². The molecule has 0 heterocycles. The molecule has 0 aliphatic carbocycles. The number of amides is 2. The molecule has 0 radical (unpaired) electrons. The summed E-state index contributed by atoms with van der Waals surface area (Å²) < 4.78 is 11.5. The minimum atomic E-state index is -0.425. The van der Waals surface area contributed by atoms with Crippen LogP contribution in [0.25, 0.3) is 10.8 Å². The second-order valence-corrected chi connectivity index (χ2v) is 5.89. The van der Waals surface area contributed by atoms with E-state index in [-0.39, 0.29) is 0 Å². The van der Waals surface area contributed by atoms with Crippen LogP contribution in [0.3, 0.4) is 0 Å². The highest BCUT2D eigenvalue weighted by Crippen LogP contribution is 2.33. The van der Waals surface area contributed by atoms with E-state index < -0.39 is 6.03 Å². The van der Waals surface area contributed by atoms with Gasteiger partial charge in [-0.2, -0.15) is 5.10 Å². The molecule has 3 aromatic rings. The molecule has 28 heavy (non-hydrogen) atoms. The van der Waals surface area contributed by atoms with Crippen molar-refractivity contribution in [3.8, 4) is 11.5 Å². The molecule has 0 spiro atoms. The number of hydrogen-bond acceptors (Lipinski definition) is 4. The van der Waals surface area contributed by atoms with Gasteiger partial charge in [0.25, 0.3) is 0 Å². The first kappa shape index (κ1) is 19.2. The van der Waals surface area contributed by atoms with Crippen LogP contribution in [0.4, 0.5) is 10.5 Å². The number of fused-ring (bicyclic) bond motifs is 1. The number of carbonyl (C=O) groups excluding carboxylic acids is 1. The minimum Gasteiger partial charge on any atom is -0.493 e. The molecule has 0 fully saturated rings. The Labute approximate surface area is 164 Å². The molecule has 2 amide bonds. The summed E-state index contributed by atoms with van der Waals surface area (Å²) in [6.45, 7) is 4.93. The zero-order valence-corrected chi connectivity index (χ0v) is 15.9. The van der Waals surface area contributed by atoms with E-state index in [0.717, 1.165) is 22.1 Å². The Bertz CT molecular complexity index is 971. The number of hydrazone groups is 1. The zero-order valence-electron chi connectivity index (χ0n) is 15.9. The summed E-state index contributed by atoms with van der Waals surface area (Å²) in [6, 6.07) is 18.5. The number of urea groups is 1. The number of hydrogen-bond donors (Lipinski definition) is 2. The normalized spacial score (nSPS) is 10.8. The summed E-state index contributed by atoms with van der Waals surface area (Å²) in [5.74, 6) is 1.42. The fourth-order valence-electron chi connectivity index (χ4n) is 2.87. The van der Waals surface area contributed by atoms with Crippen molar-refractivity contribution >= 4 is 28.7 Å². The smallest absolute Gasteiger partial charge is 0.339 e. The van der Waals surface area contributed by atoms with Gasteiger partial charge in [-0.3, -0.25) is 0 Å². The fraction of sp³-hybridized carbons (Fsp3) is 0.182. The molecule has 0 aliphatic heterocycles. The van der Waals surface area contributed by atoms with E-state index in [4.69, 9.17) is 9.47 Å². The number of nitrogens with zero attached hydrogens (tertiary/aromatic N) is 1. The first-order valence-electron chi connectivity index (χ1n) is 9.19. The second-order valence-electron chi connectivity index (χ2n) is 5.89. The molecule has 6 nitrogen and oxygen atoms in total. The lowest BCUT2D eigenvalue weighted by Crippen LogP contribution is -2.24. The van der Waals surface area contributed by atoms with Crippen LogP contribution in [0.1, 0.15) is 19.4 Å². The summed E-state index contributed by atoms with van der Waals surface area (Å²) >= 11 is 0. The number of ether oxygens (including phenoxy) is 2. The molecular weight excluding hydrogens is 354 g/mol. The van der Waals surface area contributed by atoms with Crippen LogP contribution in [-0.4, -0.2) is 25.5 Å². The van der Waals surface area contributed by atoms with E-state index in [0.29, 0.717) is 24.7 Å². The van der Waals surface area contributed by atoms with Crippen LogP contribution in [0.5, 0.6) is 11.5 Å². The van der Waals surface area contributed by atoms with Crippen molar-refractivity contribution in [2.75, 3.05) is 18.5 Å². The minimum absolute atomic E-state index is 0.425. The van der Waals surface area contributed by atoms with Gasteiger partial charge in [-0.25, -0.2) is 10.2 Å². The molecule has 0 bridgehead atoms. The molecule has 0 unspecified atom stereocenters. The van der Waals surface area contributed by atoms with E-state index >= 15 is 0 Å². The first-order valence-corrected chi connectivity index (χ1v) is 9.19. The Balaban J connectivity index is 1.88. The van der Waals surface area contributed by atoms with Gasteiger partial charge in [-0.05, 0) is 43.5 Å². The maximum atomic E-state index is 12.1. The molecule has 2 N–H and O–H groups in total. The SMILES string of the molecule is CCOc1ccc2cccc(OCC)c2c1/C=N/NC(=O)Nc1ccccc1. The lowest BCUT2D eigenvalue weighted by molar-refractivity contribution is 0.252. The summed E-state index contributed by atoms with van der Waals surface area (Å²) in [6.07, 6.45) is 1.58. The molecule has 0 atom stereocenters. The monoisotopic (exact) mass is 377 g/mol. The second kappa shape index (κ2) is 9.41. The van der Waals surface area contributed by atoms with Crippen molar-refractivity contribution in [1.29, 1.82) is 0 Å². The summed E-state index contributed by atoms with van der Waals surface area (Å²) in [5, 5.41) is 8.72. The Morgan fingerprint density at radius 2 is 1.68 bits per heavy atom. The highest BCUT2D eigenvalue weighted by molar-refractivity contribution is 6.06. The summed E-state index contributed by atoms with van der Waals surface area (Å²) in [7, 11) is 0. The summed E-state index contributed by atoms with van der Waals surface area (Å²) in [4.78, 5) is 12.1. The van der Waals surface area contributed by atoms with Crippen LogP contribution in [0.2, 0.25) is 0 Å². The van der Waals surface area contributed by atoms with Crippen LogP contribution in [0.15, 0.2) is 65.8 Å². The Hall–Kier alpha value is -3.54. The van der Waals surface area contributed by atoms with E-state index in [9.17, 15) is 4.79 Å². The largest absolute Gasteiger partial charge is 0.493 e. The van der Waals surface area contributed by atoms with Crippen molar-refractivity contribution in [3.63, 3.8) is 0 Å². The third-order valence-corrected chi connectivity index (χ3v) is 4.00. The molecule has 3 aromatic carbocycles. The van der Waals surface area contributed by atoms with Gasteiger partial charge in [0, 0.05) is 16.6 Å². The maximum Gasteiger partial charge on any atom is 0.339 e. The number of nitrogens with one attached hydrogen (secondary N) is 2. The predicted octanol–water partition coefficient (Wildman–Crippen LogP) is 4.79. The van der Waals surface area contributed by atoms with E-state index in [2.05, 4.69) is 15.8 Å². The standard InChI is InChI=1S/C22H23N3O3/c1-3-27-19-14-13-16-9-8-12-20(28-4-2)21(16)18(19)15-23-25-22(26)24-17-10-6-5-7-11-17/h5-15H,3-4H2,1-2H3,(H2,24,25,26)/b23-15+. The van der Waals surface area contributed by atoms with Gasteiger partial charge < -0.3 is 14.8 Å². The maximum absolute atomic E-state index is 12.1. The third-order valence-electron chi connectivity index (χ3n) is 4.00. The first-order chi connectivity index (χ1) is 13.7. The van der Waals surface area contributed by atoms with Crippen molar-refractivity contribution in [2.45, 2.75) is 13.8 Å². The predicted molar refractivity (Wildman–Crippen MR) is 112 cm³/mol. The molecule has 0 saturated carbocycles. The van der Waals surface area contributed by atoms with Gasteiger partial charge >= 0.3 is 6.03 Å². The van der Waals surface area contributed by atoms with Gasteiger partial charge in [0.15, 0.2) is 0 Å². The highest BCUT2D eigenvalue weighted by atomic mass is 16.5. The van der Waals surface area contributed by atoms with Gasteiger partial charge in [-0.15, -0.1) is 0 Å². The van der Waals surface area contributed by atoms with Gasteiger partial charge in [0.05, 0.1) is 19.4 Å². The number of anilines is 1. The lowest BCUT2D eigenvalue weighted by atomic mass is 10.0. The lowest BCUT2D eigenvalue weighted by Gasteiger charge is -2.14. The zero-order chi connectivity index (χ0) is 19.8. The van der Waals surface area contributed by atoms with E-state index in [1.54, 1.807) is 18.3 Å². The average molecular weight is 377 g/mol. The van der Waals surface area contributed by atoms with Gasteiger partial charge in [0.2, 0.25) is 0 Å². The quantitative estimate of drug-likeness (QED) is 0.459. The van der Waals surface area contributed by atoms with Crippen molar-refractivity contribution in [1.82, 2.24) is 5.43 Å². The topological polar surface area (TPSA) is 72.0 Å². The van der Waals surface area contributed by atoms with Crippen LogP contribution in [0, 0.1) is 0 Å². The molecule has 0 aromatic heterocycles. The van der Waals surface area contributed by atoms with E-state index in [1.165, 1.54) is 0 Å². The number of rotatable bonds is 7. The van der Waals surface area contributed by atoms with Crippen LogP contribution in [-0.2, 0) is 0 Å². The van der Waals surface area contributed by atoms with Crippen molar-refractivity contribution in [2.24, 2.45) is 5.10 Å².